The molecule has 1 heterocycles. The van der Waals surface area contributed by atoms with Crippen LogP contribution in [0.4, 0.5) is 0 Å². The minimum absolute atomic E-state index is 0.0145. The Morgan fingerprint density at radius 3 is 1.73 bits per heavy atom. The predicted octanol–water partition coefficient (Wildman–Crippen LogP) is 2.65. The van der Waals surface area contributed by atoms with Gasteiger partial charge in [-0.1, -0.05) is 36.4 Å². The van der Waals surface area contributed by atoms with E-state index in [4.69, 9.17) is 28.4 Å². The van der Waals surface area contributed by atoms with Gasteiger partial charge in [-0.3, -0.25) is 0 Å². The molecule has 10 nitrogen and oxygen atoms in total. The highest BCUT2D eigenvalue weighted by atomic mass is 16.7. The van der Waals surface area contributed by atoms with E-state index in [1.807, 2.05) is 72.8 Å². The minimum atomic E-state index is -1.58. The van der Waals surface area contributed by atoms with Gasteiger partial charge in [0, 0.05) is 10.8 Å². The second kappa shape index (κ2) is 12.9. The number of hydrogen-bond donors (Lipinski definition) is 4. The summed E-state index contributed by atoms with van der Waals surface area (Å²) in [5, 5.41) is 44.2. The van der Waals surface area contributed by atoms with Crippen molar-refractivity contribution in [1.29, 1.82) is 0 Å². The van der Waals surface area contributed by atoms with Crippen molar-refractivity contribution in [2.75, 3.05) is 34.0 Å². The van der Waals surface area contributed by atoms with E-state index >= 15 is 0 Å². The van der Waals surface area contributed by atoms with Crippen LogP contribution in [0.3, 0.4) is 0 Å². The highest BCUT2D eigenvalue weighted by Gasteiger charge is 2.45. The first-order valence-electron chi connectivity index (χ1n) is 13.3. The molecule has 0 bridgehead atoms. The Hall–Kier alpha value is -3.64. The monoisotopic (exact) mass is 566 g/mol. The topological polar surface area (TPSA) is 136 Å². The van der Waals surface area contributed by atoms with Crippen molar-refractivity contribution >= 4 is 21.5 Å². The van der Waals surface area contributed by atoms with E-state index in [0.717, 1.165) is 21.5 Å². The molecule has 1 fully saturated rings. The van der Waals surface area contributed by atoms with Crippen molar-refractivity contribution in [3.63, 3.8) is 0 Å². The predicted molar refractivity (Wildman–Crippen MR) is 151 cm³/mol. The highest BCUT2D eigenvalue weighted by molar-refractivity contribution is 5.90. The van der Waals surface area contributed by atoms with Gasteiger partial charge < -0.3 is 48.8 Å². The summed E-state index contributed by atoms with van der Waals surface area (Å²) >= 11 is 0. The molecule has 4 aromatic carbocycles. The summed E-state index contributed by atoms with van der Waals surface area (Å²) in [4.78, 5) is 0. The van der Waals surface area contributed by atoms with E-state index in [-0.39, 0.29) is 13.2 Å². The fourth-order valence-corrected chi connectivity index (χ4v) is 4.81. The number of hydrogen-bond acceptors (Lipinski definition) is 10. The van der Waals surface area contributed by atoms with Crippen molar-refractivity contribution in [2.45, 2.75) is 36.8 Å². The lowest BCUT2D eigenvalue weighted by Crippen LogP contribution is -2.60. The first kappa shape index (κ1) is 28.9. The van der Waals surface area contributed by atoms with E-state index in [1.165, 1.54) is 0 Å². The molecule has 4 N–H and O–H groups in total. The Balaban J connectivity index is 1.39. The Kier molecular flexibility index (Phi) is 9.09. The summed E-state index contributed by atoms with van der Waals surface area (Å²) < 4.78 is 34.8. The lowest BCUT2D eigenvalue weighted by Gasteiger charge is -2.40. The molecule has 0 aliphatic carbocycles. The van der Waals surface area contributed by atoms with Gasteiger partial charge in [0.25, 0.3) is 0 Å². The first-order valence-corrected chi connectivity index (χ1v) is 13.3. The number of rotatable bonds is 11. The van der Waals surface area contributed by atoms with E-state index < -0.39 is 43.4 Å². The summed E-state index contributed by atoms with van der Waals surface area (Å²) in [7, 11) is 3.18. The highest BCUT2D eigenvalue weighted by Crippen LogP contribution is 2.32. The molecular formula is C31H34O10. The third-order valence-corrected chi connectivity index (χ3v) is 7.12. The molecule has 0 saturated carbocycles. The third-order valence-electron chi connectivity index (χ3n) is 7.12. The molecule has 10 heteroatoms. The lowest BCUT2D eigenvalue weighted by molar-refractivity contribution is -0.314. The molecule has 0 radical (unpaired) electrons. The van der Waals surface area contributed by atoms with Crippen LogP contribution in [0, 0.1) is 0 Å². The maximum absolute atomic E-state index is 10.6. The molecule has 4 aromatic rings. The quantitative estimate of drug-likeness (QED) is 0.215. The van der Waals surface area contributed by atoms with Crippen LogP contribution in [0.5, 0.6) is 23.0 Å². The Morgan fingerprint density at radius 2 is 1.24 bits per heavy atom. The molecular weight excluding hydrogens is 532 g/mol. The Bertz CT molecular complexity index is 1370. The van der Waals surface area contributed by atoms with Crippen molar-refractivity contribution < 1.29 is 48.8 Å². The number of benzene rings is 4. The Morgan fingerprint density at radius 1 is 0.707 bits per heavy atom. The maximum atomic E-state index is 10.6. The summed E-state index contributed by atoms with van der Waals surface area (Å²) in [6.45, 7) is -0.600. The third kappa shape index (κ3) is 6.33. The second-order valence-corrected chi connectivity index (χ2v) is 9.76. The first-order chi connectivity index (χ1) is 19.9. The molecule has 5 rings (SSSR count). The van der Waals surface area contributed by atoms with Crippen LogP contribution < -0.4 is 18.9 Å². The summed E-state index contributed by atoms with van der Waals surface area (Å²) in [6, 6.07) is 22.7. The molecule has 1 saturated heterocycles. The van der Waals surface area contributed by atoms with Gasteiger partial charge in [-0.25, -0.2) is 0 Å². The largest absolute Gasteiger partial charge is 0.497 e. The van der Waals surface area contributed by atoms with Crippen LogP contribution in [0.1, 0.15) is 0 Å². The normalized spacial score (nSPS) is 22.7. The van der Waals surface area contributed by atoms with E-state index in [2.05, 4.69) is 0 Å². The van der Waals surface area contributed by atoms with Crippen LogP contribution in [-0.4, -0.2) is 91.3 Å². The minimum Gasteiger partial charge on any atom is -0.497 e. The van der Waals surface area contributed by atoms with Gasteiger partial charge in [-0.2, -0.15) is 0 Å². The van der Waals surface area contributed by atoms with Crippen LogP contribution in [-0.2, 0) is 9.47 Å². The standard InChI is InChI=1S/C31H34O10/c1-36-20-11-9-18-5-3-7-25(23(18)13-20)38-16-22(40-31-30(35)29(34)28(33)27(15-32)41-31)17-39-26-8-4-6-19-10-12-21(37-2)14-24(19)26/h3-14,22,27-35H,15-17H2,1-2H3/t27-,28-,29+,30+,31+/m1/s1. The van der Waals surface area contributed by atoms with Gasteiger partial charge in [0.15, 0.2) is 6.29 Å². The molecule has 5 atom stereocenters. The van der Waals surface area contributed by atoms with Gasteiger partial charge in [0.1, 0.15) is 66.7 Å². The van der Waals surface area contributed by atoms with Crippen LogP contribution in [0.2, 0.25) is 0 Å². The van der Waals surface area contributed by atoms with Gasteiger partial charge in [-0.15, -0.1) is 0 Å². The van der Waals surface area contributed by atoms with Crippen molar-refractivity contribution in [3.05, 3.63) is 72.8 Å². The zero-order chi connectivity index (χ0) is 28.9. The SMILES string of the molecule is COc1ccc2cccc(OCC(COc3cccc4ccc(OC)cc34)O[C@H]3O[C@H](CO)[C@@H](O)[C@H](O)[C@@H]3O)c2c1. The van der Waals surface area contributed by atoms with Gasteiger partial charge in [0.2, 0.25) is 0 Å². The maximum Gasteiger partial charge on any atom is 0.187 e. The lowest BCUT2D eigenvalue weighted by atomic mass is 9.99. The van der Waals surface area contributed by atoms with Crippen LogP contribution in [0.25, 0.3) is 21.5 Å². The number of aliphatic hydroxyl groups is 4. The van der Waals surface area contributed by atoms with Gasteiger partial charge >= 0.3 is 0 Å². The molecule has 0 unspecified atom stereocenters. The molecule has 0 spiro atoms. The molecule has 1 aliphatic heterocycles. The number of methoxy groups -OCH3 is 2. The van der Waals surface area contributed by atoms with E-state index in [0.29, 0.717) is 23.0 Å². The Labute approximate surface area is 237 Å². The molecule has 1 aliphatic rings. The van der Waals surface area contributed by atoms with E-state index in [1.54, 1.807) is 14.2 Å². The molecule has 0 amide bonds. The van der Waals surface area contributed by atoms with Crippen LogP contribution >= 0.6 is 0 Å². The van der Waals surface area contributed by atoms with Crippen molar-refractivity contribution in [2.24, 2.45) is 0 Å². The number of ether oxygens (including phenoxy) is 6. The van der Waals surface area contributed by atoms with Gasteiger partial charge in [-0.05, 0) is 47.2 Å². The number of aliphatic hydroxyl groups excluding tert-OH is 4. The molecule has 41 heavy (non-hydrogen) atoms. The second-order valence-electron chi connectivity index (χ2n) is 9.76. The average Bonchev–Trinajstić information content (AvgIpc) is 3.01. The molecule has 218 valence electrons. The summed E-state index contributed by atoms with van der Waals surface area (Å²) in [5.74, 6) is 2.52. The smallest absolute Gasteiger partial charge is 0.187 e. The van der Waals surface area contributed by atoms with Crippen molar-refractivity contribution in [3.8, 4) is 23.0 Å². The summed E-state index contributed by atoms with van der Waals surface area (Å²) in [5.41, 5.74) is 0. The zero-order valence-corrected chi connectivity index (χ0v) is 22.8. The molecule has 0 aromatic heterocycles. The van der Waals surface area contributed by atoms with Crippen LogP contribution in [0.15, 0.2) is 72.8 Å². The summed E-state index contributed by atoms with van der Waals surface area (Å²) in [6.07, 6.45) is -7.93. The fourth-order valence-electron chi connectivity index (χ4n) is 4.81. The van der Waals surface area contributed by atoms with Crippen molar-refractivity contribution in [1.82, 2.24) is 0 Å². The number of fused-ring (bicyclic) bond motifs is 2. The van der Waals surface area contributed by atoms with Gasteiger partial charge in [0.05, 0.1) is 20.8 Å². The van der Waals surface area contributed by atoms with E-state index in [9.17, 15) is 20.4 Å². The fraction of sp³-hybridized carbons (Fsp3) is 0.355. The average molecular weight is 567 g/mol. The zero-order valence-electron chi connectivity index (χ0n) is 22.8.